The second-order valence-electron chi connectivity index (χ2n) is 4.99. The van der Waals surface area contributed by atoms with Gasteiger partial charge in [-0.05, 0) is 25.0 Å². The average molecular weight is 354 g/mol. The highest BCUT2D eigenvalue weighted by molar-refractivity contribution is 5.93. The van der Waals surface area contributed by atoms with Gasteiger partial charge in [0.2, 0.25) is 5.95 Å². The van der Waals surface area contributed by atoms with E-state index in [0.717, 1.165) is 0 Å². The van der Waals surface area contributed by atoms with Gasteiger partial charge in [0.25, 0.3) is 5.91 Å². The van der Waals surface area contributed by atoms with E-state index in [9.17, 15) is 18.0 Å². The molecule has 2 rings (SSSR count). The molecule has 0 saturated heterocycles. The summed E-state index contributed by atoms with van der Waals surface area (Å²) in [4.78, 5) is 20.0. The third kappa shape index (κ3) is 5.94. The van der Waals surface area contributed by atoms with Crippen molar-refractivity contribution < 1.29 is 22.7 Å². The Hall–Kier alpha value is -2.84. The van der Waals surface area contributed by atoms with Gasteiger partial charge in [-0.25, -0.2) is 9.97 Å². The van der Waals surface area contributed by atoms with E-state index in [4.69, 9.17) is 0 Å². The molecular formula is C16H17F3N4O2. The lowest BCUT2D eigenvalue weighted by atomic mass is 10.1. The van der Waals surface area contributed by atoms with Crippen LogP contribution < -0.4 is 15.4 Å². The number of nitrogens with zero attached hydrogens (tertiary/aromatic N) is 2. The zero-order valence-electron chi connectivity index (χ0n) is 13.4. The van der Waals surface area contributed by atoms with Gasteiger partial charge in [-0.15, -0.1) is 13.2 Å². The molecule has 1 amide bonds. The fourth-order valence-corrected chi connectivity index (χ4v) is 2.04. The van der Waals surface area contributed by atoms with Gasteiger partial charge in [-0.1, -0.05) is 18.2 Å². The summed E-state index contributed by atoms with van der Waals surface area (Å²) < 4.78 is 41.1. The van der Waals surface area contributed by atoms with Crippen LogP contribution >= 0.6 is 0 Å². The Morgan fingerprint density at radius 3 is 2.52 bits per heavy atom. The Morgan fingerprint density at radius 2 is 1.88 bits per heavy atom. The minimum Gasteiger partial charge on any atom is -0.406 e. The van der Waals surface area contributed by atoms with Crippen molar-refractivity contribution in [1.82, 2.24) is 15.3 Å². The first kappa shape index (κ1) is 18.5. The van der Waals surface area contributed by atoms with Crippen molar-refractivity contribution in [2.75, 3.05) is 18.4 Å². The molecule has 1 heterocycles. The molecule has 1 aromatic carbocycles. The SMILES string of the molecule is CCNc1ncc(C(=O)NCCc2ccccc2OC(F)(F)F)cn1. The summed E-state index contributed by atoms with van der Waals surface area (Å²) in [5.74, 6) is -0.267. The topological polar surface area (TPSA) is 76.1 Å². The number of benzene rings is 1. The second kappa shape index (κ2) is 8.32. The zero-order valence-corrected chi connectivity index (χ0v) is 13.4. The number of hydrogen-bond acceptors (Lipinski definition) is 5. The van der Waals surface area contributed by atoms with Crippen LogP contribution in [-0.2, 0) is 6.42 Å². The number of halogens is 3. The predicted molar refractivity (Wildman–Crippen MR) is 85.4 cm³/mol. The van der Waals surface area contributed by atoms with Crippen LogP contribution in [0.15, 0.2) is 36.7 Å². The van der Waals surface area contributed by atoms with E-state index in [1.165, 1.54) is 30.6 Å². The van der Waals surface area contributed by atoms with Crippen LogP contribution in [0.1, 0.15) is 22.8 Å². The smallest absolute Gasteiger partial charge is 0.406 e. The molecule has 0 spiro atoms. The molecule has 0 atom stereocenters. The highest BCUT2D eigenvalue weighted by Crippen LogP contribution is 2.26. The van der Waals surface area contributed by atoms with Crippen molar-refractivity contribution in [2.45, 2.75) is 19.7 Å². The molecule has 0 unspecified atom stereocenters. The van der Waals surface area contributed by atoms with E-state index in [1.807, 2.05) is 6.92 Å². The summed E-state index contributed by atoms with van der Waals surface area (Å²) in [6.45, 7) is 2.70. The first-order valence-corrected chi connectivity index (χ1v) is 7.57. The molecule has 6 nitrogen and oxygen atoms in total. The maximum absolute atomic E-state index is 12.4. The molecule has 0 aliphatic rings. The van der Waals surface area contributed by atoms with Crippen LogP contribution in [0, 0.1) is 0 Å². The average Bonchev–Trinajstić information content (AvgIpc) is 2.56. The molecule has 25 heavy (non-hydrogen) atoms. The van der Waals surface area contributed by atoms with Gasteiger partial charge in [0.05, 0.1) is 5.56 Å². The van der Waals surface area contributed by atoms with E-state index < -0.39 is 12.3 Å². The fraction of sp³-hybridized carbons (Fsp3) is 0.312. The maximum atomic E-state index is 12.4. The zero-order chi connectivity index (χ0) is 18.3. The number of ether oxygens (including phenoxy) is 1. The third-order valence-corrected chi connectivity index (χ3v) is 3.13. The van der Waals surface area contributed by atoms with Crippen molar-refractivity contribution in [3.8, 4) is 5.75 Å². The predicted octanol–water partition coefficient (Wildman–Crippen LogP) is 2.78. The third-order valence-electron chi connectivity index (χ3n) is 3.13. The summed E-state index contributed by atoms with van der Waals surface area (Å²) >= 11 is 0. The summed E-state index contributed by atoms with van der Waals surface area (Å²) in [5, 5.41) is 5.52. The van der Waals surface area contributed by atoms with E-state index in [1.54, 1.807) is 6.07 Å². The van der Waals surface area contributed by atoms with Crippen LogP contribution in [-0.4, -0.2) is 35.3 Å². The summed E-state index contributed by atoms with van der Waals surface area (Å²) in [6.07, 6.45) is -1.82. The molecule has 9 heteroatoms. The van der Waals surface area contributed by atoms with E-state index in [0.29, 0.717) is 18.1 Å². The van der Waals surface area contributed by atoms with E-state index in [-0.39, 0.29) is 24.3 Å². The summed E-state index contributed by atoms with van der Waals surface area (Å²) in [5.41, 5.74) is 0.611. The Bertz CT molecular complexity index is 705. The van der Waals surface area contributed by atoms with Gasteiger partial charge in [0, 0.05) is 25.5 Å². The molecule has 2 aromatic rings. The molecule has 0 bridgehead atoms. The molecule has 2 N–H and O–H groups in total. The highest BCUT2D eigenvalue weighted by atomic mass is 19.4. The molecule has 0 aliphatic heterocycles. The van der Waals surface area contributed by atoms with Gasteiger partial charge >= 0.3 is 6.36 Å². The van der Waals surface area contributed by atoms with E-state index in [2.05, 4.69) is 25.3 Å². The van der Waals surface area contributed by atoms with Crippen molar-refractivity contribution >= 4 is 11.9 Å². The largest absolute Gasteiger partial charge is 0.573 e. The van der Waals surface area contributed by atoms with Crippen LogP contribution in [0.25, 0.3) is 0 Å². The van der Waals surface area contributed by atoms with E-state index >= 15 is 0 Å². The number of amides is 1. The fourth-order valence-electron chi connectivity index (χ4n) is 2.04. The van der Waals surface area contributed by atoms with Gasteiger partial charge in [-0.2, -0.15) is 0 Å². The monoisotopic (exact) mass is 354 g/mol. The number of anilines is 1. The van der Waals surface area contributed by atoms with Gasteiger partial charge in [-0.3, -0.25) is 4.79 Å². The van der Waals surface area contributed by atoms with Crippen molar-refractivity contribution in [3.63, 3.8) is 0 Å². The molecule has 0 aliphatic carbocycles. The first-order valence-electron chi connectivity index (χ1n) is 7.57. The molecule has 0 fully saturated rings. The van der Waals surface area contributed by atoms with Crippen LogP contribution in [0.3, 0.4) is 0 Å². The number of rotatable bonds is 7. The van der Waals surface area contributed by atoms with Crippen molar-refractivity contribution in [2.24, 2.45) is 0 Å². The first-order chi connectivity index (χ1) is 11.9. The minimum atomic E-state index is -4.76. The number of hydrogen-bond donors (Lipinski definition) is 2. The van der Waals surface area contributed by atoms with Crippen molar-refractivity contribution in [1.29, 1.82) is 0 Å². The number of para-hydroxylation sites is 1. The number of alkyl halides is 3. The number of carbonyl (C=O) groups excluding carboxylic acids is 1. The van der Waals surface area contributed by atoms with Crippen LogP contribution in [0.4, 0.5) is 19.1 Å². The quantitative estimate of drug-likeness (QED) is 0.800. The number of carbonyl (C=O) groups is 1. The van der Waals surface area contributed by atoms with Gasteiger partial charge < -0.3 is 15.4 Å². The molecule has 1 aromatic heterocycles. The standard InChI is InChI=1S/C16H17F3N4O2/c1-2-20-15-22-9-12(10-23-15)14(24)21-8-7-11-5-3-4-6-13(11)25-16(17,18)19/h3-6,9-10H,2,7-8H2,1H3,(H,21,24)(H,20,22,23). The van der Waals surface area contributed by atoms with Crippen molar-refractivity contribution in [3.05, 3.63) is 47.8 Å². The van der Waals surface area contributed by atoms with Gasteiger partial charge in [0.15, 0.2) is 0 Å². The maximum Gasteiger partial charge on any atom is 0.573 e. The normalized spacial score (nSPS) is 11.0. The lowest BCUT2D eigenvalue weighted by Crippen LogP contribution is -2.26. The molecule has 134 valence electrons. The molecule has 0 saturated carbocycles. The summed E-state index contributed by atoms with van der Waals surface area (Å²) in [6, 6.07) is 5.81. The second-order valence-corrected chi connectivity index (χ2v) is 4.99. The highest BCUT2D eigenvalue weighted by Gasteiger charge is 2.31. The molecule has 0 radical (unpaired) electrons. The Balaban J connectivity index is 1.91. The Kier molecular flexibility index (Phi) is 6.15. The lowest BCUT2D eigenvalue weighted by molar-refractivity contribution is -0.274. The lowest BCUT2D eigenvalue weighted by Gasteiger charge is -2.13. The number of aromatic nitrogens is 2. The van der Waals surface area contributed by atoms with Gasteiger partial charge in [0.1, 0.15) is 5.75 Å². The minimum absolute atomic E-state index is 0.145. The summed E-state index contributed by atoms with van der Waals surface area (Å²) in [7, 11) is 0. The van der Waals surface area contributed by atoms with Crippen LogP contribution in [0.2, 0.25) is 0 Å². The number of nitrogens with one attached hydrogen (secondary N) is 2. The molecular weight excluding hydrogens is 337 g/mol. The van der Waals surface area contributed by atoms with Crippen LogP contribution in [0.5, 0.6) is 5.75 Å². The Morgan fingerprint density at radius 1 is 1.20 bits per heavy atom. The Labute approximate surface area is 142 Å².